The zero-order valence-electron chi connectivity index (χ0n) is 11.4. The van der Waals surface area contributed by atoms with Crippen molar-refractivity contribution >= 4 is 15.8 Å². The summed E-state index contributed by atoms with van der Waals surface area (Å²) in [6.07, 6.45) is 0. The van der Waals surface area contributed by atoms with Gasteiger partial charge >= 0.3 is 5.97 Å². The summed E-state index contributed by atoms with van der Waals surface area (Å²) in [7, 11) is -3.74. The second-order valence-corrected chi connectivity index (χ2v) is 7.37. The van der Waals surface area contributed by atoms with Gasteiger partial charge in [0.2, 0.25) is 0 Å². The Hall–Kier alpha value is -2.21. The molecule has 0 aromatic heterocycles. The maximum atomic E-state index is 13.0. The molecule has 1 aliphatic carbocycles. The minimum absolute atomic E-state index is 0.107. The fraction of sp³-hybridized carbons (Fsp3) is 0.188. The van der Waals surface area contributed by atoms with Gasteiger partial charge in [0, 0.05) is 5.92 Å². The van der Waals surface area contributed by atoms with Crippen LogP contribution in [0.3, 0.4) is 0 Å². The average Bonchev–Trinajstić information content (AvgIpc) is 3.25. The Morgan fingerprint density at radius 1 is 1.00 bits per heavy atom. The molecule has 0 saturated heterocycles. The molecule has 6 heteroatoms. The molecule has 3 atom stereocenters. The van der Waals surface area contributed by atoms with E-state index >= 15 is 0 Å². The van der Waals surface area contributed by atoms with Gasteiger partial charge in [-0.3, -0.25) is 4.79 Å². The van der Waals surface area contributed by atoms with Gasteiger partial charge in [0.25, 0.3) is 0 Å². The minimum atomic E-state index is -3.74. The zero-order valence-corrected chi connectivity index (χ0v) is 12.2. The van der Waals surface area contributed by atoms with Crippen molar-refractivity contribution < 1.29 is 22.7 Å². The lowest BCUT2D eigenvalue weighted by atomic mass is 10.1. The standard InChI is InChI=1S/C16H13FO4S/c17-11-8-6-10(7-9-11)13-14(16(18)19)15(13)22(20,21)12-4-2-1-3-5-12/h1-9,13-15H,(H,18,19)/t13-,14+,15-/m0/s1. The summed E-state index contributed by atoms with van der Waals surface area (Å²) in [4.78, 5) is 11.5. The highest BCUT2D eigenvalue weighted by atomic mass is 32.2. The Labute approximate surface area is 127 Å². The summed E-state index contributed by atoms with van der Waals surface area (Å²) in [5.74, 6) is -3.25. The van der Waals surface area contributed by atoms with E-state index in [0.29, 0.717) is 5.56 Å². The minimum Gasteiger partial charge on any atom is -0.481 e. The van der Waals surface area contributed by atoms with Gasteiger partial charge in [0.15, 0.2) is 9.84 Å². The molecule has 1 fully saturated rings. The number of carbonyl (C=O) groups is 1. The van der Waals surface area contributed by atoms with Crippen LogP contribution in [-0.2, 0) is 14.6 Å². The van der Waals surface area contributed by atoms with E-state index in [4.69, 9.17) is 0 Å². The highest BCUT2D eigenvalue weighted by Crippen LogP contribution is 2.54. The first-order valence-corrected chi connectivity index (χ1v) is 8.25. The van der Waals surface area contributed by atoms with Crippen molar-refractivity contribution in [3.63, 3.8) is 0 Å². The van der Waals surface area contributed by atoms with E-state index in [9.17, 15) is 22.7 Å². The largest absolute Gasteiger partial charge is 0.481 e. The van der Waals surface area contributed by atoms with Crippen molar-refractivity contribution in [3.05, 3.63) is 66.0 Å². The lowest BCUT2D eigenvalue weighted by Gasteiger charge is -2.03. The van der Waals surface area contributed by atoms with E-state index < -0.39 is 38.7 Å². The quantitative estimate of drug-likeness (QED) is 0.939. The molecule has 0 amide bonds. The lowest BCUT2D eigenvalue weighted by molar-refractivity contribution is -0.138. The van der Waals surface area contributed by atoms with Gasteiger partial charge in [-0.15, -0.1) is 0 Å². The highest BCUT2D eigenvalue weighted by Gasteiger charge is 2.63. The summed E-state index contributed by atoms with van der Waals surface area (Å²) >= 11 is 0. The van der Waals surface area contributed by atoms with E-state index in [1.807, 2.05) is 0 Å². The molecule has 3 rings (SSSR count). The maximum Gasteiger partial charge on any atom is 0.308 e. The molecule has 0 bridgehead atoms. The van der Waals surface area contributed by atoms with Crippen LogP contribution in [0.5, 0.6) is 0 Å². The Morgan fingerprint density at radius 2 is 1.59 bits per heavy atom. The van der Waals surface area contributed by atoms with Gasteiger partial charge in [-0.1, -0.05) is 30.3 Å². The molecule has 1 N–H and O–H groups in total. The third-order valence-corrected chi connectivity index (χ3v) is 6.16. The molecule has 0 spiro atoms. The number of sulfone groups is 1. The molecular formula is C16H13FO4S. The Morgan fingerprint density at radius 3 is 2.14 bits per heavy atom. The number of hydrogen-bond acceptors (Lipinski definition) is 3. The van der Waals surface area contributed by atoms with Crippen molar-refractivity contribution in [2.45, 2.75) is 16.1 Å². The summed E-state index contributed by atoms with van der Waals surface area (Å²) in [5, 5.41) is 8.27. The van der Waals surface area contributed by atoms with Crippen molar-refractivity contribution in [1.29, 1.82) is 0 Å². The molecule has 0 aliphatic heterocycles. The van der Waals surface area contributed by atoms with Crippen LogP contribution in [0.4, 0.5) is 4.39 Å². The number of benzene rings is 2. The van der Waals surface area contributed by atoms with Crippen LogP contribution in [0, 0.1) is 11.7 Å². The van der Waals surface area contributed by atoms with Gasteiger partial charge < -0.3 is 5.11 Å². The molecule has 0 heterocycles. The third kappa shape index (κ3) is 2.39. The Balaban J connectivity index is 1.99. The van der Waals surface area contributed by atoms with Crippen molar-refractivity contribution in [2.75, 3.05) is 0 Å². The smallest absolute Gasteiger partial charge is 0.308 e. The number of aliphatic carboxylic acids is 1. The van der Waals surface area contributed by atoms with Crippen molar-refractivity contribution in [3.8, 4) is 0 Å². The molecule has 0 unspecified atom stereocenters. The number of halogens is 1. The predicted octanol–water partition coefficient (Wildman–Crippen LogP) is 2.47. The number of hydrogen-bond donors (Lipinski definition) is 1. The summed E-state index contributed by atoms with van der Waals surface area (Å²) in [6, 6.07) is 13.1. The first-order chi connectivity index (χ1) is 10.4. The second kappa shape index (κ2) is 5.21. The molecule has 4 nitrogen and oxygen atoms in total. The van der Waals surface area contributed by atoms with Crippen LogP contribution in [0.15, 0.2) is 59.5 Å². The normalized spacial score (nSPS) is 24.0. The van der Waals surface area contributed by atoms with Gasteiger partial charge in [-0.2, -0.15) is 0 Å². The molecule has 22 heavy (non-hydrogen) atoms. The SMILES string of the molecule is O=C(O)[C@@H]1[C@H](c2ccc(F)cc2)[C@@H]1S(=O)(=O)c1ccccc1. The van der Waals surface area contributed by atoms with E-state index in [2.05, 4.69) is 0 Å². The van der Waals surface area contributed by atoms with E-state index in [1.54, 1.807) is 18.2 Å². The van der Waals surface area contributed by atoms with E-state index in [1.165, 1.54) is 36.4 Å². The Bertz CT molecular complexity index is 800. The Kier molecular flexibility index (Phi) is 3.48. The fourth-order valence-electron chi connectivity index (χ4n) is 2.81. The van der Waals surface area contributed by atoms with Gasteiger partial charge in [-0.25, -0.2) is 12.8 Å². The van der Waals surface area contributed by atoms with Crippen molar-refractivity contribution in [1.82, 2.24) is 0 Å². The third-order valence-electron chi connectivity index (χ3n) is 3.92. The van der Waals surface area contributed by atoms with Crippen LogP contribution in [0.1, 0.15) is 11.5 Å². The predicted molar refractivity (Wildman–Crippen MR) is 77.7 cm³/mol. The van der Waals surface area contributed by atoms with Gasteiger partial charge in [0.1, 0.15) is 5.82 Å². The topological polar surface area (TPSA) is 71.4 Å². The second-order valence-electron chi connectivity index (χ2n) is 5.26. The van der Waals surface area contributed by atoms with Crippen molar-refractivity contribution in [2.24, 2.45) is 5.92 Å². The lowest BCUT2D eigenvalue weighted by Crippen LogP contribution is -2.13. The fourth-order valence-corrected chi connectivity index (χ4v) is 4.96. The van der Waals surface area contributed by atoms with Crippen LogP contribution >= 0.6 is 0 Å². The molecule has 1 saturated carbocycles. The van der Waals surface area contributed by atoms with Gasteiger partial charge in [-0.05, 0) is 29.8 Å². The zero-order chi connectivity index (χ0) is 15.9. The summed E-state index contributed by atoms with van der Waals surface area (Å²) in [5.41, 5.74) is 0.526. The number of carboxylic acid groups (broad SMARTS) is 1. The van der Waals surface area contributed by atoms with E-state index in [0.717, 1.165) is 0 Å². The van der Waals surface area contributed by atoms with Crippen LogP contribution in [0.2, 0.25) is 0 Å². The van der Waals surface area contributed by atoms with Gasteiger partial charge in [0.05, 0.1) is 16.1 Å². The molecule has 2 aromatic carbocycles. The molecular weight excluding hydrogens is 307 g/mol. The van der Waals surface area contributed by atoms with E-state index in [-0.39, 0.29) is 4.90 Å². The molecule has 1 aliphatic rings. The van der Waals surface area contributed by atoms with Crippen LogP contribution in [-0.4, -0.2) is 24.7 Å². The highest BCUT2D eigenvalue weighted by molar-refractivity contribution is 7.92. The number of rotatable bonds is 4. The molecule has 2 aromatic rings. The molecule has 114 valence electrons. The van der Waals surface area contributed by atoms with Crippen LogP contribution < -0.4 is 0 Å². The molecule has 0 radical (unpaired) electrons. The summed E-state index contributed by atoms with van der Waals surface area (Å²) in [6.45, 7) is 0. The monoisotopic (exact) mass is 320 g/mol. The maximum absolute atomic E-state index is 13.0. The summed E-state index contributed by atoms with van der Waals surface area (Å²) < 4.78 is 38.2. The first kappa shape index (κ1) is 14.7. The first-order valence-electron chi connectivity index (χ1n) is 6.70. The average molecular weight is 320 g/mol. The number of carboxylic acids is 1. The van der Waals surface area contributed by atoms with Crippen LogP contribution in [0.25, 0.3) is 0 Å².